The molecule has 1 unspecified atom stereocenters. The van der Waals surface area contributed by atoms with Crippen molar-refractivity contribution in [2.24, 2.45) is 0 Å². The van der Waals surface area contributed by atoms with Gasteiger partial charge in [-0.25, -0.2) is 0 Å². The van der Waals surface area contributed by atoms with Crippen LogP contribution in [0.25, 0.3) is 0 Å². The summed E-state index contributed by atoms with van der Waals surface area (Å²) in [6, 6.07) is 4.85. The summed E-state index contributed by atoms with van der Waals surface area (Å²) in [7, 11) is 0. The molecule has 0 aliphatic carbocycles. The molecule has 25 heavy (non-hydrogen) atoms. The quantitative estimate of drug-likeness (QED) is 0.731. The number of rotatable bonds is 8. The Kier molecular flexibility index (Phi) is 7.15. The maximum absolute atomic E-state index is 12.5. The van der Waals surface area contributed by atoms with Gasteiger partial charge in [0.05, 0.1) is 24.4 Å². The average molecular weight is 377 g/mol. The standard InChI is InChI=1S/C17H22F3NO3S/c18-17(19,20)14-4-1-13(2-5-14)3-6-15(23)21-11-16(24-9-8-22)7-10-25-12-16/h1-2,4-5,22H,3,6-12H2,(H,21,23). The van der Waals surface area contributed by atoms with Crippen LogP contribution in [0.3, 0.4) is 0 Å². The molecule has 0 bridgehead atoms. The van der Waals surface area contributed by atoms with Gasteiger partial charge in [0, 0.05) is 18.7 Å². The Balaban J connectivity index is 1.78. The third-order valence-corrected chi connectivity index (χ3v) is 5.32. The van der Waals surface area contributed by atoms with Gasteiger partial charge in [0.25, 0.3) is 0 Å². The summed E-state index contributed by atoms with van der Waals surface area (Å²) in [5.41, 5.74) is -0.439. The molecule has 0 radical (unpaired) electrons. The van der Waals surface area contributed by atoms with Crippen LogP contribution in [0, 0.1) is 0 Å². The fraction of sp³-hybridized carbons (Fsp3) is 0.588. The van der Waals surface area contributed by atoms with Gasteiger partial charge in [-0.15, -0.1) is 0 Å². The molecular formula is C17H22F3NO3S. The fourth-order valence-corrected chi connectivity index (χ4v) is 3.98. The van der Waals surface area contributed by atoms with Gasteiger partial charge in [-0.2, -0.15) is 24.9 Å². The second-order valence-corrected chi connectivity index (χ2v) is 7.13. The van der Waals surface area contributed by atoms with E-state index < -0.39 is 17.3 Å². The lowest BCUT2D eigenvalue weighted by molar-refractivity contribution is -0.137. The van der Waals surface area contributed by atoms with Crippen LogP contribution in [0.4, 0.5) is 13.2 Å². The number of hydrogen-bond donors (Lipinski definition) is 2. The maximum Gasteiger partial charge on any atom is 0.416 e. The van der Waals surface area contributed by atoms with Gasteiger partial charge in [-0.1, -0.05) is 12.1 Å². The van der Waals surface area contributed by atoms with E-state index in [9.17, 15) is 18.0 Å². The normalized spacial score (nSPS) is 20.6. The number of hydrogen-bond acceptors (Lipinski definition) is 4. The molecule has 0 aromatic heterocycles. The molecule has 2 rings (SSSR count). The molecule has 8 heteroatoms. The molecule has 1 fully saturated rings. The molecule has 1 saturated heterocycles. The highest BCUT2D eigenvalue weighted by Gasteiger charge is 2.35. The van der Waals surface area contributed by atoms with E-state index in [0.717, 1.165) is 30.1 Å². The Bertz CT molecular complexity index is 557. The van der Waals surface area contributed by atoms with Crippen molar-refractivity contribution in [1.82, 2.24) is 5.32 Å². The fourth-order valence-electron chi connectivity index (χ4n) is 2.62. The first-order valence-corrected chi connectivity index (χ1v) is 9.25. The van der Waals surface area contributed by atoms with Crippen molar-refractivity contribution < 1.29 is 27.8 Å². The lowest BCUT2D eigenvalue weighted by Crippen LogP contribution is -2.45. The lowest BCUT2D eigenvalue weighted by atomic mass is 10.0. The highest BCUT2D eigenvalue weighted by molar-refractivity contribution is 7.99. The Morgan fingerprint density at radius 3 is 2.60 bits per heavy atom. The molecule has 0 saturated carbocycles. The minimum absolute atomic E-state index is 0.0612. The van der Waals surface area contributed by atoms with Crippen LogP contribution < -0.4 is 5.32 Å². The van der Waals surface area contributed by atoms with Gasteiger partial charge in [-0.3, -0.25) is 4.79 Å². The third kappa shape index (κ3) is 6.20. The number of carbonyl (C=O) groups excluding carboxylic acids is 1. The lowest BCUT2D eigenvalue weighted by Gasteiger charge is -2.28. The molecular weight excluding hydrogens is 355 g/mol. The molecule has 140 valence electrons. The Morgan fingerprint density at radius 2 is 2.04 bits per heavy atom. The number of thioether (sulfide) groups is 1. The van der Waals surface area contributed by atoms with Gasteiger partial charge < -0.3 is 15.2 Å². The van der Waals surface area contributed by atoms with Crippen molar-refractivity contribution in [3.63, 3.8) is 0 Å². The molecule has 1 aromatic rings. The summed E-state index contributed by atoms with van der Waals surface area (Å²) in [6.07, 6.45) is -2.95. The van der Waals surface area contributed by atoms with Crippen LogP contribution >= 0.6 is 11.8 Å². The van der Waals surface area contributed by atoms with Gasteiger partial charge in [0.15, 0.2) is 0 Å². The monoisotopic (exact) mass is 377 g/mol. The first-order chi connectivity index (χ1) is 11.8. The second-order valence-electron chi connectivity index (χ2n) is 6.03. The molecule has 1 aliphatic heterocycles. The highest BCUT2D eigenvalue weighted by atomic mass is 32.2. The summed E-state index contributed by atoms with van der Waals surface area (Å²) < 4.78 is 43.2. The van der Waals surface area contributed by atoms with Crippen LogP contribution in [-0.2, 0) is 22.1 Å². The average Bonchev–Trinajstić information content (AvgIpc) is 3.05. The van der Waals surface area contributed by atoms with Crippen LogP contribution in [-0.4, -0.2) is 47.9 Å². The number of benzene rings is 1. The van der Waals surface area contributed by atoms with Crippen molar-refractivity contribution in [1.29, 1.82) is 0 Å². The predicted octanol–water partition coefficient (Wildman–Crippen LogP) is 2.64. The highest BCUT2D eigenvalue weighted by Crippen LogP contribution is 2.31. The molecule has 1 amide bonds. The Morgan fingerprint density at radius 1 is 1.32 bits per heavy atom. The van der Waals surface area contributed by atoms with Crippen molar-refractivity contribution in [2.45, 2.75) is 31.0 Å². The number of halogens is 3. The molecule has 1 aromatic carbocycles. The van der Waals surface area contributed by atoms with E-state index >= 15 is 0 Å². The molecule has 1 aliphatic rings. The number of alkyl halides is 3. The van der Waals surface area contributed by atoms with Crippen molar-refractivity contribution >= 4 is 17.7 Å². The van der Waals surface area contributed by atoms with Crippen molar-refractivity contribution in [2.75, 3.05) is 31.3 Å². The summed E-state index contributed by atoms with van der Waals surface area (Å²) in [5, 5.41) is 11.8. The largest absolute Gasteiger partial charge is 0.416 e. The van der Waals surface area contributed by atoms with E-state index in [1.165, 1.54) is 12.1 Å². The minimum Gasteiger partial charge on any atom is -0.394 e. The minimum atomic E-state index is -4.35. The van der Waals surface area contributed by atoms with Gasteiger partial charge in [-0.05, 0) is 36.3 Å². The van der Waals surface area contributed by atoms with E-state index in [4.69, 9.17) is 9.84 Å². The van der Waals surface area contributed by atoms with Crippen LogP contribution in [0.15, 0.2) is 24.3 Å². The summed E-state index contributed by atoms with van der Waals surface area (Å²) in [4.78, 5) is 12.0. The summed E-state index contributed by atoms with van der Waals surface area (Å²) >= 11 is 1.75. The summed E-state index contributed by atoms with van der Waals surface area (Å²) in [6.45, 7) is 0.558. The van der Waals surface area contributed by atoms with Crippen LogP contribution in [0.2, 0.25) is 0 Å². The third-order valence-electron chi connectivity index (χ3n) is 4.10. The van der Waals surface area contributed by atoms with Gasteiger partial charge in [0.2, 0.25) is 5.91 Å². The number of nitrogens with one attached hydrogen (secondary N) is 1. The van der Waals surface area contributed by atoms with Crippen molar-refractivity contribution in [3.8, 4) is 0 Å². The van der Waals surface area contributed by atoms with E-state index in [-0.39, 0.29) is 25.5 Å². The zero-order valence-electron chi connectivity index (χ0n) is 13.8. The van der Waals surface area contributed by atoms with Crippen LogP contribution in [0.5, 0.6) is 0 Å². The topological polar surface area (TPSA) is 58.6 Å². The maximum atomic E-state index is 12.5. The smallest absolute Gasteiger partial charge is 0.394 e. The number of carbonyl (C=O) groups is 1. The van der Waals surface area contributed by atoms with Crippen molar-refractivity contribution in [3.05, 3.63) is 35.4 Å². The van der Waals surface area contributed by atoms with E-state index in [1.807, 2.05) is 0 Å². The number of ether oxygens (including phenoxy) is 1. The number of amides is 1. The zero-order chi connectivity index (χ0) is 18.3. The first kappa shape index (κ1) is 20.1. The summed E-state index contributed by atoms with van der Waals surface area (Å²) in [5.74, 6) is 1.56. The number of aryl methyl sites for hydroxylation is 1. The Hall–Kier alpha value is -1.25. The second kappa shape index (κ2) is 8.91. The SMILES string of the molecule is O=C(CCc1ccc(C(F)(F)F)cc1)NCC1(OCCO)CCSC1. The molecule has 2 N–H and O–H groups in total. The molecule has 4 nitrogen and oxygen atoms in total. The first-order valence-electron chi connectivity index (χ1n) is 8.10. The van der Waals surface area contributed by atoms with E-state index in [0.29, 0.717) is 18.5 Å². The van der Waals surface area contributed by atoms with Gasteiger partial charge in [0.1, 0.15) is 0 Å². The van der Waals surface area contributed by atoms with E-state index in [2.05, 4.69) is 5.32 Å². The Labute approximate surface area is 149 Å². The number of aliphatic hydroxyl groups excluding tert-OH is 1. The molecule has 0 spiro atoms. The number of aliphatic hydroxyl groups is 1. The van der Waals surface area contributed by atoms with Gasteiger partial charge >= 0.3 is 6.18 Å². The zero-order valence-corrected chi connectivity index (χ0v) is 14.6. The van der Waals surface area contributed by atoms with E-state index in [1.54, 1.807) is 11.8 Å². The predicted molar refractivity (Wildman–Crippen MR) is 90.5 cm³/mol. The molecule has 1 atom stereocenters. The van der Waals surface area contributed by atoms with Crippen LogP contribution in [0.1, 0.15) is 24.0 Å². The molecule has 1 heterocycles.